The SMILES string of the molecule is Nc1ccc(/C=N\N=C2\NC(=O)[C@H](CC(=O)Nc3cccc(C(F)(F)F)c3)S2)cc1. The normalized spacial score (nSPS) is 18.0. The van der Waals surface area contributed by atoms with Gasteiger partial charge in [0.05, 0.1) is 11.8 Å². The van der Waals surface area contributed by atoms with Crippen molar-refractivity contribution in [3.05, 3.63) is 59.7 Å². The Morgan fingerprint density at radius 3 is 2.67 bits per heavy atom. The van der Waals surface area contributed by atoms with Crippen LogP contribution in [-0.2, 0) is 15.8 Å². The van der Waals surface area contributed by atoms with E-state index in [2.05, 4.69) is 20.8 Å². The number of nitrogens with two attached hydrogens (primary N) is 1. The molecule has 2 aromatic carbocycles. The number of nitrogens with one attached hydrogen (secondary N) is 2. The lowest BCUT2D eigenvalue weighted by Crippen LogP contribution is -2.28. The van der Waals surface area contributed by atoms with E-state index in [0.717, 1.165) is 29.5 Å². The first kappa shape index (κ1) is 21.4. The van der Waals surface area contributed by atoms with E-state index in [1.807, 2.05) is 0 Å². The smallest absolute Gasteiger partial charge is 0.399 e. The van der Waals surface area contributed by atoms with Gasteiger partial charge in [-0.25, -0.2) is 0 Å². The third-order valence-electron chi connectivity index (χ3n) is 3.91. The van der Waals surface area contributed by atoms with Gasteiger partial charge in [-0.05, 0) is 35.9 Å². The lowest BCUT2D eigenvalue weighted by molar-refractivity contribution is -0.137. The molecule has 1 aliphatic heterocycles. The fourth-order valence-corrected chi connectivity index (χ4v) is 3.39. The molecule has 0 spiro atoms. The number of nitrogens with zero attached hydrogens (tertiary/aromatic N) is 2. The van der Waals surface area contributed by atoms with Crippen molar-refractivity contribution >= 4 is 46.3 Å². The Balaban J connectivity index is 1.56. The van der Waals surface area contributed by atoms with Crippen molar-refractivity contribution in [2.45, 2.75) is 17.8 Å². The van der Waals surface area contributed by atoms with Crippen LogP contribution in [0.4, 0.5) is 24.5 Å². The van der Waals surface area contributed by atoms with Gasteiger partial charge in [0.15, 0.2) is 5.17 Å². The van der Waals surface area contributed by atoms with Gasteiger partial charge in [0.1, 0.15) is 5.25 Å². The Hall–Kier alpha value is -3.34. The average molecular weight is 435 g/mol. The van der Waals surface area contributed by atoms with E-state index in [1.165, 1.54) is 18.3 Å². The van der Waals surface area contributed by atoms with Crippen LogP contribution >= 0.6 is 11.8 Å². The highest BCUT2D eigenvalue weighted by Gasteiger charge is 2.33. The number of benzene rings is 2. The van der Waals surface area contributed by atoms with E-state index in [4.69, 9.17) is 5.73 Å². The molecular formula is C19H16F3N5O2S. The lowest BCUT2D eigenvalue weighted by Gasteiger charge is -2.10. The van der Waals surface area contributed by atoms with E-state index in [0.29, 0.717) is 5.69 Å². The number of halogens is 3. The predicted molar refractivity (Wildman–Crippen MR) is 110 cm³/mol. The first-order chi connectivity index (χ1) is 14.2. The third-order valence-corrected chi connectivity index (χ3v) is 4.98. The van der Waals surface area contributed by atoms with Crippen molar-refractivity contribution in [3.63, 3.8) is 0 Å². The van der Waals surface area contributed by atoms with Gasteiger partial charge >= 0.3 is 6.18 Å². The number of nitrogen functional groups attached to an aromatic ring is 1. The van der Waals surface area contributed by atoms with Crippen LogP contribution in [-0.4, -0.2) is 28.4 Å². The van der Waals surface area contributed by atoms with Crippen molar-refractivity contribution < 1.29 is 22.8 Å². The van der Waals surface area contributed by atoms with Crippen molar-refractivity contribution in [3.8, 4) is 0 Å². The van der Waals surface area contributed by atoms with Crippen LogP contribution in [0.1, 0.15) is 17.5 Å². The molecule has 0 unspecified atom stereocenters. The van der Waals surface area contributed by atoms with Crippen molar-refractivity contribution in [1.82, 2.24) is 5.32 Å². The van der Waals surface area contributed by atoms with Gasteiger partial charge < -0.3 is 16.4 Å². The van der Waals surface area contributed by atoms with Crippen LogP contribution in [0.2, 0.25) is 0 Å². The van der Waals surface area contributed by atoms with Crippen molar-refractivity contribution in [2.24, 2.45) is 10.2 Å². The van der Waals surface area contributed by atoms with E-state index in [-0.39, 0.29) is 17.3 Å². The van der Waals surface area contributed by atoms with Gasteiger partial charge in [-0.3, -0.25) is 9.59 Å². The standard InChI is InChI=1S/C19H16F3N5O2S/c20-19(21,22)12-2-1-3-14(8-12)25-16(28)9-15-17(29)26-18(30-15)27-24-10-11-4-6-13(23)7-5-11/h1-8,10,15H,9,23H2,(H,25,28)(H,26,27,29)/b24-10-/t15-/m0/s1. The highest BCUT2D eigenvalue weighted by Crippen LogP contribution is 2.31. The van der Waals surface area contributed by atoms with Gasteiger partial charge in [-0.1, -0.05) is 30.0 Å². The number of hydrogen-bond donors (Lipinski definition) is 3. The second kappa shape index (κ2) is 8.99. The first-order valence-corrected chi connectivity index (χ1v) is 9.50. The predicted octanol–water partition coefficient (Wildman–Crippen LogP) is 3.24. The quantitative estimate of drug-likeness (QED) is 0.381. The van der Waals surface area contributed by atoms with Crippen molar-refractivity contribution in [2.75, 3.05) is 11.1 Å². The van der Waals surface area contributed by atoms with Crippen molar-refractivity contribution in [1.29, 1.82) is 0 Å². The summed E-state index contributed by atoms with van der Waals surface area (Å²) in [6.45, 7) is 0. The van der Waals surface area contributed by atoms with Gasteiger partial charge in [-0.15, -0.1) is 5.10 Å². The van der Waals surface area contributed by atoms with Gasteiger partial charge in [0.2, 0.25) is 11.8 Å². The fourth-order valence-electron chi connectivity index (χ4n) is 2.47. The Labute approximate surface area is 173 Å². The number of carbonyl (C=O) groups excluding carboxylic acids is 2. The molecule has 0 aromatic heterocycles. The molecule has 11 heteroatoms. The third kappa shape index (κ3) is 5.83. The Bertz CT molecular complexity index is 1010. The number of amidine groups is 1. The lowest BCUT2D eigenvalue weighted by atomic mass is 10.2. The number of amides is 2. The topological polar surface area (TPSA) is 109 Å². The molecule has 0 radical (unpaired) electrons. The van der Waals surface area contributed by atoms with Crippen LogP contribution in [0.5, 0.6) is 0 Å². The van der Waals surface area contributed by atoms with Crippen LogP contribution < -0.4 is 16.4 Å². The number of thioether (sulfide) groups is 1. The van der Waals surface area contributed by atoms with E-state index < -0.39 is 28.8 Å². The van der Waals surface area contributed by atoms with Gasteiger partial charge in [0, 0.05) is 17.8 Å². The monoisotopic (exact) mass is 435 g/mol. The molecule has 2 aromatic rings. The molecule has 1 atom stereocenters. The number of rotatable bonds is 5. The van der Waals surface area contributed by atoms with Crippen LogP contribution in [0, 0.1) is 0 Å². The Morgan fingerprint density at radius 1 is 1.23 bits per heavy atom. The molecule has 4 N–H and O–H groups in total. The summed E-state index contributed by atoms with van der Waals surface area (Å²) in [5, 5.41) is 12.1. The molecule has 2 amide bonds. The van der Waals surface area contributed by atoms with Crippen LogP contribution in [0.3, 0.4) is 0 Å². The summed E-state index contributed by atoms with van der Waals surface area (Å²) in [4.78, 5) is 24.2. The summed E-state index contributed by atoms with van der Waals surface area (Å²) < 4.78 is 38.3. The highest BCUT2D eigenvalue weighted by atomic mass is 32.2. The van der Waals surface area contributed by atoms with Gasteiger partial charge in [-0.2, -0.15) is 18.3 Å². The minimum Gasteiger partial charge on any atom is -0.399 e. The van der Waals surface area contributed by atoms with E-state index in [1.54, 1.807) is 24.3 Å². The number of anilines is 2. The molecular weight excluding hydrogens is 419 g/mol. The Kier molecular flexibility index (Phi) is 6.40. The number of hydrogen-bond acceptors (Lipinski definition) is 6. The molecule has 1 saturated heterocycles. The largest absolute Gasteiger partial charge is 0.416 e. The second-order valence-electron chi connectivity index (χ2n) is 6.24. The molecule has 0 bridgehead atoms. The minimum absolute atomic E-state index is 0.000202. The zero-order valence-corrected chi connectivity index (χ0v) is 16.1. The summed E-state index contributed by atoms with van der Waals surface area (Å²) in [5.74, 6) is -1.02. The van der Waals surface area contributed by atoms with E-state index in [9.17, 15) is 22.8 Å². The van der Waals surface area contributed by atoms with Gasteiger partial charge in [0.25, 0.3) is 0 Å². The zero-order chi connectivity index (χ0) is 21.7. The second-order valence-corrected chi connectivity index (χ2v) is 7.43. The first-order valence-electron chi connectivity index (χ1n) is 8.62. The summed E-state index contributed by atoms with van der Waals surface area (Å²) in [5.41, 5.74) is 6.10. The summed E-state index contributed by atoms with van der Waals surface area (Å²) in [6.07, 6.45) is -3.26. The molecule has 1 fully saturated rings. The zero-order valence-electron chi connectivity index (χ0n) is 15.3. The van der Waals surface area contributed by atoms with Crippen LogP contribution in [0.25, 0.3) is 0 Å². The Morgan fingerprint density at radius 2 is 1.97 bits per heavy atom. The van der Waals surface area contributed by atoms with E-state index >= 15 is 0 Å². The molecule has 7 nitrogen and oxygen atoms in total. The maximum Gasteiger partial charge on any atom is 0.416 e. The maximum atomic E-state index is 12.8. The molecule has 156 valence electrons. The molecule has 0 aliphatic carbocycles. The maximum absolute atomic E-state index is 12.8. The molecule has 0 saturated carbocycles. The summed E-state index contributed by atoms with van der Waals surface area (Å²) >= 11 is 1.02. The fraction of sp³-hybridized carbons (Fsp3) is 0.158. The number of alkyl halides is 3. The van der Waals surface area contributed by atoms with Crippen LogP contribution in [0.15, 0.2) is 58.7 Å². The molecule has 1 heterocycles. The average Bonchev–Trinajstić information content (AvgIpc) is 3.02. The minimum atomic E-state index is -4.51. The summed E-state index contributed by atoms with van der Waals surface area (Å²) in [6, 6.07) is 11.2. The molecule has 30 heavy (non-hydrogen) atoms. The molecule has 1 aliphatic rings. The number of carbonyl (C=O) groups is 2. The molecule has 3 rings (SSSR count). The summed E-state index contributed by atoms with van der Waals surface area (Å²) in [7, 11) is 0. The highest BCUT2D eigenvalue weighted by molar-refractivity contribution is 8.15.